The summed E-state index contributed by atoms with van der Waals surface area (Å²) < 4.78 is 0. The molecule has 0 saturated heterocycles. The fourth-order valence-electron chi connectivity index (χ4n) is 2.20. The van der Waals surface area contributed by atoms with Crippen molar-refractivity contribution in [2.45, 2.75) is 59.4 Å². The molecule has 2 N–H and O–H groups in total. The van der Waals surface area contributed by atoms with Gasteiger partial charge in [0.1, 0.15) is 0 Å². The Labute approximate surface area is 103 Å². The van der Waals surface area contributed by atoms with Gasteiger partial charge in [-0.2, -0.15) is 0 Å². The topological polar surface area (TPSA) is 29.3 Å². The van der Waals surface area contributed by atoms with Crippen molar-refractivity contribution in [3.63, 3.8) is 0 Å². The summed E-state index contributed by atoms with van der Waals surface area (Å²) in [5.74, 6) is 1.59. The van der Waals surface area contributed by atoms with E-state index < -0.39 is 0 Å². The highest BCUT2D eigenvalue weighted by Gasteiger charge is 2.10. The molecule has 0 aromatic rings. The molecule has 0 spiro atoms. The van der Waals surface area contributed by atoms with Crippen LogP contribution in [0, 0.1) is 11.8 Å². The number of rotatable bonds is 9. The molecule has 0 aliphatic heterocycles. The molecule has 98 valence electrons. The first kappa shape index (κ1) is 15.9. The molecule has 16 heavy (non-hydrogen) atoms. The fraction of sp³-hybridized carbons (Fsp3) is 1.00. The van der Waals surface area contributed by atoms with E-state index in [-0.39, 0.29) is 0 Å². The first-order valence-electron chi connectivity index (χ1n) is 6.87. The van der Waals surface area contributed by atoms with Crippen molar-refractivity contribution in [1.29, 1.82) is 0 Å². The number of hydrogen-bond donors (Lipinski definition) is 1. The largest absolute Gasteiger partial charge is 0.330 e. The van der Waals surface area contributed by atoms with Crippen LogP contribution in [0.5, 0.6) is 0 Å². The summed E-state index contributed by atoms with van der Waals surface area (Å²) in [6.45, 7) is 11.3. The molecule has 0 aromatic carbocycles. The van der Waals surface area contributed by atoms with E-state index in [0.717, 1.165) is 18.4 Å². The molecular formula is C14H32N2. The molecule has 0 saturated carbocycles. The van der Waals surface area contributed by atoms with Gasteiger partial charge in [0.25, 0.3) is 0 Å². The third-order valence-electron chi connectivity index (χ3n) is 3.43. The second-order valence-electron chi connectivity index (χ2n) is 5.78. The predicted octanol–water partition coefficient (Wildman–Crippen LogP) is 3.12. The zero-order valence-corrected chi connectivity index (χ0v) is 12.0. The zero-order chi connectivity index (χ0) is 12.6. The molecule has 0 heterocycles. The van der Waals surface area contributed by atoms with E-state index in [1.54, 1.807) is 0 Å². The molecule has 0 aromatic heterocycles. The Hall–Kier alpha value is -0.0800. The Morgan fingerprint density at radius 3 is 2.19 bits per heavy atom. The smallest absolute Gasteiger partial charge is 0.00663 e. The summed E-state index contributed by atoms with van der Waals surface area (Å²) in [5, 5.41) is 0. The maximum atomic E-state index is 5.55. The van der Waals surface area contributed by atoms with Crippen LogP contribution in [-0.4, -0.2) is 31.1 Å². The van der Waals surface area contributed by atoms with Gasteiger partial charge in [0.15, 0.2) is 0 Å². The normalized spacial score (nSPS) is 15.8. The highest BCUT2D eigenvalue weighted by molar-refractivity contribution is 4.66. The van der Waals surface area contributed by atoms with E-state index in [2.05, 4.69) is 39.6 Å². The molecule has 0 amide bonds. The zero-order valence-electron chi connectivity index (χ0n) is 12.0. The minimum Gasteiger partial charge on any atom is -0.330 e. The summed E-state index contributed by atoms with van der Waals surface area (Å²) in [4.78, 5) is 2.50. The fourth-order valence-corrected chi connectivity index (χ4v) is 2.20. The van der Waals surface area contributed by atoms with Crippen LogP contribution in [0.3, 0.4) is 0 Å². The van der Waals surface area contributed by atoms with Crippen molar-refractivity contribution < 1.29 is 0 Å². The average Bonchev–Trinajstić information content (AvgIpc) is 2.16. The molecule has 0 rings (SSSR count). The molecule has 2 heteroatoms. The van der Waals surface area contributed by atoms with Crippen molar-refractivity contribution in [1.82, 2.24) is 4.90 Å². The quantitative estimate of drug-likeness (QED) is 0.657. The number of nitrogens with two attached hydrogens (primary N) is 1. The van der Waals surface area contributed by atoms with Crippen LogP contribution < -0.4 is 5.73 Å². The van der Waals surface area contributed by atoms with Crippen molar-refractivity contribution >= 4 is 0 Å². The van der Waals surface area contributed by atoms with Gasteiger partial charge in [-0.25, -0.2) is 0 Å². The molecule has 2 nitrogen and oxygen atoms in total. The van der Waals surface area contributed by atoms with Gasteiger partial charge in [0.2, 0.25) is 0 Å². The third-order valence-corrected chi connectivity index (χ3v) is 3.43. The number of nitrogens with zero attached hydrogens (tertiary/aromatic N) is 1. The molecule has 0 bridgehead atoms. The van der Waals surface area contributed by atoms with E-state index in [1.807, 2.05) is 0 Å². The van der Waals surface area contributed by atoms with Crippen LogP contribution in [0.1, 0.15) is 53.4 Å². The van der Waals surface area contributed by atoms with Crippen LogP contribution in [-0.2, 0) is 0 Å². The average molecular weight is 228 g/mol. The van der Waals surface area contributed by atoms with Gasteiger partial charge >= 0.3 is 0 Å². The monoisotopic (exact) mass is 228 g/mol. The van der Waals surface area contributed by atoms with Gasteiger partial charge in [-0.05, 0) is 64.6 Å². The Morgan fingerprint density at radius 1 is 1.06 bits per heavy atom. The third kappa shape index (κ3) is 8.12. The van der Waals surface area contributed by atoms with Gasteiger partial charge in [-0.15, -0.1) is 0 Å². The lowest BCUT2D eigenvalue weighted by molar-refractivity contribution is 0.220. The molecular weight excluding hydrogens is 196 g/mol. The summed E-state index contributed by atoms with van der Waals surface area (Å²) in [7, 11) is 2.25. The highest BCUT2D eigenvalue weighted by atomic mass is 15.1. The first-order valence-corrected chi connectivity index (χ1v) is 6.87. The second-order valence-corrected chi connectivity index (χ2v) is 5.78. The van der Waals surface area contributed by atoms with E-state index in [4.69, 9.17) is 5.73 Å². The van der Waals surface area contributed by atoms with Crippen molar-refractivity contribution in [3.05, 3.63) is 0 Å². The van der Waals surface area contributed by atoms with Gasteiger partial charge in [-0.3, -0.25) is 0 Å². The lowest BCUT2D eigenvalue weighted by Crippen LogP contribution is -2.31. The summed E-state index contributed by atoms with van der Waals surface area (Å²) in [6.07, 6.45) is 5.09. The van der Waals surface area contributed by atoms with E-state index >= 15 is 0 Å². The van der Waals surface area contributed by atoms with Gasteiger partial charge in [0.05, 0.1) is 0 Å². The Kier molecular flexibility index (Phi) is 8.96. The minimum absolute atomic E-state index is 0.713. The van der Waals surface area contributed by atoms with E-state index in [0.29, 0.717) is 6.04 Å². The van der Waals surface area contributed by atoms with Crippen molar-refractivity contribution in [3.8, 4) is 0 Å². The SMILES string of the molecule is CC(C)CC(C)N(C)CCCC(C)CCN. The van der Waals surface area contributed by atoms with E-state index in [1.165, 1.54) is 32.2 Å². The molecule has 0 radical (unpaired) electrons. The molecule has 2 unspecified atom stereocenters. The first-order chi connectivity index (χ1) is 7.47. The predicted molar refractivity (Wildman–Crippen MR) is 73.6 cm³/mol. The van der Waals surface area contributed by atoms with Crippen molar-refractivity contribution in [2.24, 2.45) is 17.6 Å². The Balaban J connectivity index is 3.59. The maximum Gasteiger partial charge on any atom is 0.00663 e. The highest BCUT2D eigenvalue weighted by Crippen LogP contribution is 2.13. The van der Waals surface area contributed by atoms with Crippen LogP contribution >= 0.6 is 0 Å². The lowest BCUT2D eigenvalue weighted by Gasteiger charge is -2.26. The summed E-state index contributed by atoms with van der Waals surface area (Å²) in [5.41, 5.74) is 5.55. The molecule has 0 fully saturated rings. The van der Waals surface area contributed by atoms with E-state index in [9.17, 15) is 0 Å². The second kappa shape index (κ2) is 9.00. The Morgan fingerprint density at radius 2 is 1.69 bits per heavy atom. The maximum absolute atomic E-state index is 5.55. The van der Waals surface area contributed by atoms with Crippen LogP contribution in [0.15, 0.2) is 0 Å². The van der Waals surface area contributed by atoms with Crippen LogP contribution in [0.2, 0.25) is 0 Å². The Bertz CT molecular complexity index is 157. The van der Waals surface area contributed by atoms with Crippen molar-refractivity contribution in [2.75, 3.05) is 20.1 Å². The molecule has 0 aliphatic rings. The molecule has 2 atom stereocenters. The van der Waals surface area contributed by atoms with Crippen LogP contribution in [0.4, 0.5) is 0 Å². The van der Waals surface area contributed by atoms with Gasteiger partial charge in [-0.1, -0.05) is 20.8 Å². The standard InChI is InChI=1S/C14H32N2/c1-12(2)11-14(4)16(5)10-6-7-13(3)8-9-15/h12-14H,6-11,15H2,1-5H3. The molecule has 0 aliphatic carbocycles. The minimum atomic E-state index is 0.713. The number of hydrogen-bond acceptors (Lipinski definition) is 2. The summed E-state index contributed by atoms with van der Waals surface area (Å²) >= 11 is 0. The van der Waals surface area contributed by atoms with Gasteiger partial charge < -0.3 is 10.6 Å². The van der Waals surface area contributed by atoms with Crippen LogP contribution in [0.25, 0.3) is 0 Å². The summed E-state index contributed by atoms with van der Waals surface area (Å²) in [6, 6.07) is 0.713. The lowest BCUT2D eigenvalue weighted by atomic mass is 10.0. The van der Waals surface area contributed by atoms with Gasteiger partial charge in [0, 0.05) is 6.04 Å².